The topological polar surface area (TPSA) is 62.3 Å². The van der Waals surface area contributed by atoms with Crippen molar-refractivity contribution >= 4 is 27.7 Å². The number of hydrogen-bond acceptors (Lipinski definition) is 3. The van der Waals surface area contributed by atoms with Gasteiger partial charge in [-0.15, -0.1) is 0 Å². The summed E-state index contributed by atoms with van der Waals surface area (Å²) in [6, 6.07) is 13.4. The van der Waals surface area contributed by atoms with Crippen LogP contribution in [0.15, 0.2) is 46.9 Å². The summed E-state index contributed by atoms with van der Waals surface area (Å²) in [7, 11) is 0. The zero-order valence-electron chi connectivity index (χ0n) is 14.7. The van der Waals surface area contributed by atoms with Gasteiger partial charge in [-0.1, -0.05) is 30.3 Å². The second-order valence-electron chi connectivity index (χ2n) is 6.53. The monoisotopic (exact) mass is 415 g/mol. The van der Waals surface area contributed by atoms with Gasteiger partial charge in [-0.25, -0.2) is 0 Å². The predicted molar refractivity (Wildman–Crippen MR) is 104 cm³/mol. The lowest BCUT2D eigenvalue weighted by Gasteiger charge is -2.25. The van der Waals surface area contributed by atoms with E-state index in [0.29, 0.717) is 18.7 Å². The largest absolute Gasteiger partial charge is 0.347 e. The quantitative estimate of drug-likeness (QED) is 0.787. The molecule has 1 aliphatic heterocycles. The standard InChI is InChI=1S/C20H22BrN3O2/c1-14-9-10-16(21)17(22-14)12-19(25)23-18(15-6-3-2-4-7-15)13-24-11-5-8-20(24)26/h2-4,6-7,9-10,18H,5,8,11-13H2,1H3,(H,23,25)/t18-/m0/s1. The van der Waals surface area contributed by atoms with E-state index in [9.17, 15) is 9.59 Å². The molecule has 2 heterocycles. The number of pyridine rings is 1. The van der Waals surface area contributed by atoms with Crippen molar-refractivity contribution < 1.29 is 9.59 Å². The van der Waals surface area contributed by atoms with Crippen molar-refractivity contribution in [3.63, 3.8) is 0 Å². The predicted octanol–water partition coefficient (Wildman–Crippen LogP) is 3.17. The number of aryl methyl sites for hydroxylation is 1. The lowest BCUT2D eigenvalue weighted by atomic mass is 10.1. The van der Waals surface area contributed by atoms with Crippen LogP contribution in [-0.4, -0.2) is 34.8 Å². The van der Waals surface area contributed by atoms with Crippen LogP contribution in [-0.2, 0) is 16.0 Å². The molecule has 5 nitrogen and oxygen atoms in total. The van der Waals surface area contributed by atoms with Crippen molar-refractivity contribution in [3.8, 4) is 0 Å². The first-order valence-electron chi connectivity index (χ1n) is 8.77. The summed E-state index contributed by atoms with van der Waals surface area (Å²) in [5.41, 5.74) is 2.58. The molecule has 0 aliphatic carbocycles. The molecule has 0 radical (unpaired) electrons. The number of aromatic nitrogens is 1. The molecule has 1 aromatic carbocycles. The van der Waals surface area contributed by atoms with Crippen molar-refractivity contribution in [3.05, 3.63) is 63.9 Å². The van der Waals surface area contributed by atoms with Crippen molar-refractivity contribution in [2.45, 2.75) is 32.2 Å². The smallest absolute Gasteiger partial charge is 0.226 e. The highest BCUT2D eigenvalue weighted by atomic mass is 79.9. The summed E-state index contributed by atoms with van der Waals surface area (Å²) in [4.78, 5) is 30.9. The molecule has 0 bridgehead atoms. The number of likely N-dealkylation sites (tertiary alicyclic amines) is 1. The van der Waals surface area contributed by atoms with Gasteiger partial charge in [0.2, 0.25) is 11.8 Å². The highest BCUT2D eigenvalue weighted by Gasteiger charge is 2.25. The Morgan fingerprint density at radius 1 is 1.27 bits per heavy atom. The Labute approximate surface area is 161 Å². The van der Waals surface area contributed by atoms with Gasteiger partial charge in [0.15, 0.2) is 0 Å². The van der Waals surface area contributed by atoms with Crippen LogP contribution in [0.1, 0.15) is 35.8 Å². The summed E-state index contributed by atoms with van der Waals surface area (Å²) in [5.74, 6) is 0.0487. The number of hydrogen-bond donors (Lipinski definition) is 1. The summed E-state index contributed by atoms with van der Waals surface area (Å²) >= 11 is 3.45. The van der Waals surface area contributed by atoms with Gasteiger partial charge in [0.05, 0.1) is 18.2 Å². The Bertz CT molecular complexity index is 795. The molecule has 0 unspecified atom stereocenters. The molecule has 2 amide bonds. The maximum atomic E-state index is 12.6. The van der Waals surface area contributed by atoms with Gasteiger partial charge in [-0.2, -0.15) is 0 Å². The van der Waals surface area contributed by atoms with Gasteiger partial charge in [0.1, 0.15) is 0 Å². The molecule has 1 N–H and O–H groups in total. The maximum absolute atomic E-state index is 12.6. The van der Waals surface area contributed by atoms with Crippen LogP contribution in [0.4, 0.5) is 0 Å². The summed E-state index contributed by atoms with van der Waals surface area (Å²) < 4.78 is 0.823. The Hall–Kier alpha value is -2.21. The lowest BCUT2D eigenvalue weighted by molar-refractivity contribution is -0.129. The fraction of sp³-hybridized carbons (Fsp3) is 0.350. The van der Waals surface area contributed by atoms with Crippen LogP contribution in [0.2, 0.25) is 0 Å². The van der Waals surface area contributed by atoms with Gasteiger partial charge in [0.25, 0.3) is 0 Å². The van der Waals surface area contributed by atoms with E-state index in [0.717, 1.165) is 28.7 Å². The average molecular weight is 416 g/mol. The fourth-order valence-electron chi connectivity index (χ4n) is 3.15. The van der Waals surface area contributed by atoms with Gasteiger partial charge < -0.3 is 10.2 Å². The molecule has 6 heteroatoms. The van der Waals surface area contributed by atoms with Crippen LogP contribution >= 0.6 is 15.9 Å². The minimum Gasteiger partial charge on any atom is -0.347 e. The molecule has 1 aromatic heterocycles. The molecule has 1 fully saturated rings. The van der Waals surface area contributed by atoms with Crippen molar-refractivity contribution in [1.82, 2.24) is 15.2 Å². The minimum atomic E-state index is -0.227. The number of amides is 2. The first-order chi connectivity index (χ1) is 12.5. The average Bonchev–Trinajstić information content (AvgIpc) is 3.03. The zero-order chi connectivity index (χ0) is 18.5. The Morgan fingerprint density at radius 3 is 2.73 bits per heavy atom. The third kappa shape index (κ3) is 4.69. The molecule has 136 valence electrons. The molecule has 1 saturated heterocycles. The molecule has 0 saturated carbocycles. The van der Waals surface area contributed by atoms with Gasteiger partial charge in [-0.3, -0.25) is 14.6 Å². The van der Waals surface area contributed by atoms with E-state index < -0.39 is 0 Å². The second-order valence-corrected chi connectivity index (χ2v) is 7.39. The number of carbonyl (C=O) groups is 2. The molecular formula is C20H22BrN3O2. The van der Waals surface area contributed by atoms with Crippen LogP contribution in [0.5, 0.6) is 0 Å². The summed E-state index contributed by atoms with van der Waals surface area (Å²) in [6.45, 7) is 3.15. The van der Waals surface area contributed by atoms with Crippen molar-refractivity contribution in [2.75, 3.05) is 13.1 Å². The third-order valence-electron chi connectivity index (χ3n) is 4.50. The Kier molecular flexibility index (Phi) is 6.04. The number of nitrogens with zero attached hydrogens (tertiary/aromatic N) is 2. The summed E-state index contributed by atoms with van der Waals surface area (Å²) in [5, 5.41) is 3.08. The lowest BCUT2D eigenvalue weighted by Crippen LogP contribution is -2.39. The van der Waals surface area contributed by atoms with E-state index in [1.165, 1.54) is 0 Å². The number of rotatable bonds is 6. The second kappa shape index (κ2) is 8.45. The van der Waals surface area contributed by atoms with Crippen LogP contribution in [0, 0.1) is 6.92 Å². The van der Waals surface area contributed by atoms with Crippen molar-refractivity contribution in [2.24, 2.45) is 0 Å². The molecule has 0 spiro atoms. The number of benzene rings is 1. The first kappa shape index (κ1) is 18.6. The minimum absolute atomic E-state index is 0.107. The number of carbonyl (C=O) groups excluding carboxylic acids is 2. The van der Waals surface area contributed by atoms with Crippen LogP contribution in [0.25, 0.3) is 0 Å². The van der Waals surface area contributed by atoms with Crippen LogP contribution in [0.3, 0.4) is 0 Å². The van der Waals surface area contributed by atoms with E-state index in [1.807, 2.05) is 54.3 Å². The van der Waals surface area contributed by atoms with Gasteiger partial charge in [0, 0.05) is 29.7 Å². The third-order valence-corrected chi connectivity index (χ3v) is 5.22. The maximum Gasteiger partial charge on any atom is 0.226 e. The molecule has 26 heavy (non-hydrogen) atoms. The Balaban J connectivity index is 1.73. The van der Waals surface area contributed by atoms with Crippen LogP contribution < -0.4 is 5.32 Å². The van der Waals surface area contributed by atoms with Crippen molar-refractivity contribution in [1.29, 1.82) is 0 Å². The fourth-order valence-corrected chi connectivity index (χ4v) is 3.51. The van der Waals surface area contributed by atoms with E-state index in [2.05, 4.69) is 26.2 Å². The molecule has 1 atom stereocenters. The SMILES string of the molecule is Cc1ccc(Br)c(CC(=O)N[C@@H](CN2CCCC2=O)c2ccccc2)n1. The van der Waals surface area contributed by atoms with E-state index in [-0.39, 0.29) is 24.3 Å². The van der Waals surface area contributed by atoms with E-state index in [4.69, 9.17) is 0 Å². The highest BCUT2D eigenvalue weighted by molar-refractivity contribution is 9.10. The number of nitrogens with one attached hydrogen (secondary N) is 1. The van der Waals surface area contributed by atoms with Gasteiger partial charge >= 0.3 is 0 Å². The zero-order valence-corrected chi connectivity index (χ0v) is 16.3. The first-order valence-corrected chi connectivity index (χ1v) is 9.56. The molecule has 1 aliphatic rings. The number of halogens is 1. The Morgan fingerprint density at radius 2 is 2.04 bits per heavy atom. The summed E-state index contributed by atoms with van der Waals surface area (Å²) in [6.07, 6.45) is 1.67. The highest BCUT2D eigenvalue weighted by Crippen LogP contribution is 2.20. The molecular weight excluding hydrogens is 394 g/mol. The van der Waals surface area contributed by atoms with E-state index >= 15 is 0 Å². The molecule has 2 aromatic rings. The van der Waals surface area contributed by atoms with E-state index in [1.54, 1.807) is 0 Å². The normalized spacial score (nSPS) is 15.2. The molecule has 3 rings (SSSR count). The van der Waals surface area contributed by atoms with Gasteiger partial charge in [-0.05, 0) is 47.0 Å².